The highest BCUT2D eigenvalue weighted by Gasteiger charge is 2.13. The van der Waals surface area contributed by atoms with E-state index in [4.69, 9.17) is 0 Å². The number of Topliss-reactive ketones (excluding diaryl/α,β-unsaturated/α-hetero) is 1. The Balaban J connectivity index is 0.00000180. The number of carbonyl (C=O) groups excluding carboxylic acids is 1. The number of nitro benzene ring substituents is 1. The molecule has 0 bridgehead atoms. The quantitative estimate of drug-likeness (QED) is 0.375. The number of halogens is 1. The molecule has 0 N–H and O–H groups in total. The van der Waals surface area contributed by atoms with Gasteiger partial charge in [-0.2, -0.15) is 4.57 Å². The first-order chi connectivity index (χ1) is 8.66. The van der Waals surface area contributed by atoms with Gasteiger partial charge in [0, 0.05) is 29.8 Å². The molecule has 1 aromatic carbocycles. The maximum Gasteiger partial charge on any atom is 0.269 e. The molecule has 2 aromatic rings. The molecule has 1 heterocycles. The van der Waals surface area contributed by atoms with Gasteiger partial charge in [0.25, 0.3) is 5.69 Å². The number of ketones is 1. The van der Waals surface area contributed by atoms with Crippen molar-refractivity contribution in [3.63, 3.8) is 0 Å². The summed E-state index contributed by atoms with van der Waals surface area (Å²) in [5.41, 5.74) is 0.455. The van der Waals surface area contributed by atoms with E-state index >= 15 is 0 Å². The van der Waals surface area contributed by atoms with Gasteiger partial charge in [-0.3, -0.25) is 14.9 Å². The van der Waals surface area contributed by atoms with Gasteiger partial charge in [0.2, 0.25) is 12.3 Å². The Hall–Kier alpha value is -2.08. The number of hydrogen-bond acceptors (Lipinski definition) is 3. The average molecular weight is 324 g/mol. The number of pyridine rings is 1. The van der Waals surface area contributed by atoms with Crippen LogP contribution < -0.4 is 4.57 Å². The number of aromatic nitrogens is 1. The fourth-order valence-corrected chi connectivity index (χ4v) is 1.57. The number of nitro groups is 1. The van der Waals surface area contributed by atoms with Crippen molar-refractivity contribution in [1.82, 2.24) is 0 Å². The van der Waals surface area contributed by atoms with E-state index in [2.05, 4.69) is 0 Å². The Labute approximate surface area is 120 Å². The standard InChI is InChI=1S/C13H11N2O3.BrH/c16-13(10-14-8-2-1-3-9-14)11-4-6-12(7-5-11)15(17)18;/h1-9H,10H2;1H/q+1;. The molecule has 6 heteroatoms. The van der Waals surface area contributed by atoms with Gasteiger partial charge < -0.3 is 0 Å². The smallest absolute Gasteiger partial charge is 0.269 e. The molecule has 5 nitrogen and oxygen atoms in total. The second-order valence-electron chi connectivity index (χ2n) is 3.77. The van der Waals surface area contributed by atoms with Gasteiger partial charge in [-0.15, -0.1) is 17.0 Å². The molecule has 0 saturated carbocycles. The van der Waals surface area contributed by atoms with Crippen molar-refractivity contribution in [1.29, 1.82) is 0 Å². The number of carbonyl (C=O) groups is 1. The third kappa shape index (κ3) is 3.96. The van der Waals surface area contributed by atoms with Crippen LogP contribution >= 0.6 is 17.0 Å². The van der Waals surface area contributed by atoms with Crippen molar-refractivity contribution in [2.24, 2.45) is 0 Å². The minimum absolute atomic E-state index is 0. The molecule has 0 aliphatic carbocycles. The van der Waals surface area contributed by atoms with Gasteiger partial charge >= 0.3 is 0 Å². The minimum Gasteiger partial charge on any atom is -0.287 e. The zero-order valence-corrected chi connectivity index (χ0v) is 11.6. The zero-order valence-electron chi connectivity index (χ0n) is 9.93. The predicted octanol–water partition coefficient (Wildman–Crippen LogP) is 2.34. The van der Waals surface area contributed by atoms with Crippen molar-refractivity contribution < 1.29 is 14.3 Å². The number of rotatable bonds is 4. The lowest BCUT2D eigenvalue weighted by molar-refractivity contribution is -0.683. The molecule has 0 aliphatic heterocycles. The first-order valence-corrected chi connectivity index (χ1v) is 5.38. The van der Waals surface area contributed by atoms with Crippen LogP contribution in [0.25, 0.3) is 0 Å². The van der Waals surface area contributed by atoms with Gasteiger partial charge in [0.1, 0.15) is 0 Å². The van der Waals surface area contributed by atoms with E-state index < -0.39 is 4.92 Å². The maximum atomic E-state index is 11.9. The first kappa shape index (κ1) is 15.0. The molecule has 0 spiro atoms. The van der Waals surface area contributed by atoms with Crippen LogP contribution in [0, 0.1) is 10.1 Å². The van der Waals surface area contributed by atoms with Crippen LogP contribution in [-0.4, -0.2) is 10.7 Å². The summed E-state index contributed by atoms with van der Waals surface area (Å²) >= 11 is 0. The summed E-state index contributed by atoms with van der Waals surface area (Å²) in [6.45, 7) is 0.221. The zero-order chi connectivity index (χ0) is 13.0. The third-order valence-electron chi connectivity index (χ3n) is 2.50. The Morgan fingerprint density at radius 1 is 1.11 bits per heavy atom. The molecule has 1 aromatic heterocycles. The summed E-state index contributed by atoms with van der Waals surface area (Å²) in [5.74, 6) is -0.0823. The summed E-state index contributed by atoms with van der Waals surface area (Å²) in [4.78, 5) is 21.9. The van der Waals surface area contributed by atoms with Crippen molar-refractivity contribution in [2.45, 2.75) is 6.54 Å². The summed E-state index contributed by atoms with van der Waals surface area (Å²) in [7, 11) is 0. The average Bonchev–Trinajstić information content (AvgIpc) is 2.40. The third-order valence-corrected chi connectivity index (χ3v) is 2.50. The molecule has 0 aliphatic rings. The Kier molecular flexibility index (Phi) is 5.32. The highest BCUT2D eigenvalue weighted by molar-refractivity contribution is 8.93. The largest absolute Gasteiger partial charge is 0.287 e. The molecule has 19 heavy (non-hydrogen) atoms. The van der Waals surface area contributed by atoms with Crippen LogP contribution in [0.15, 0.2) is 54.9 Å². The van der Waals surface area contributed by atoms with Crippen LogP contribution in [0.2, 0.25) is 0 Å². The summed E-state index contributed by atoms with van der Waals surface area (Å²) < 4.78 is 1.75. The Bertz CT molecular complexity index is 570. The van der Waals surface area contributed by atoms with E-state index in [-0.39, 0.29) is 35.0 Å². The van der Waals surface area contributed by atoms with Crippen molar-refractivity contribution >= 4 is 28.5 Å². The summed E-state index contributed by atoms with van der Waals surface area (Å²) in [6.07, 6.45) is 3.59. The van der Waals surface area contributed by atoms with Crippen LogP contribution in [0.5, 0.6) is 0 Å². The number of nitrogens with zero attached hydrogens (tertiary/aromatic N) is 2. The molecule has 0 radical (unpaired) electrons. The summed E-state index contributed by atoms with van der Waals surface area (Å²) in [6, 6.07) is 11.2. The van der Waals surface area contributed by atoms with Crippen LogP contribution in [0.4, 0.5) is 5.69 Å². The molecular weight excluding hydrogens is 312 g/mol. The highest BCUT2D eigenvalue weighted by Crippen LogP contribution is 2.12. The lowest BCUT2D eigenvalue weighted by Gasteiger charge is -1.98. The fraction of sp³-hybridized carbons (Fsp3) is 0.0769. The first-order valence-electron chi connectivity index (χ1n) is 5.38. The van der Waals surface area contributed by atoms with Gasteiger partial charge in [0.15, 0.2) is 12.4 Å². The van der Waals surface area contributed by atoms with Crippen LogP contribution in [-0.2, 0) is 6.54 Å². The molecule has 2 rings (SSSR count). The second-order valence-corrected chi connectivity index (χ2v) is 3.77. The molecule has 0 saturated heterocycles. The predicted molar refractivity (Wildman–Crippen MR) is 74.4 cm³/mol. The van der Waals surface area contributed by atoms with Crippen molar-refractivity contribution in [3.8, 4) is 0 Å². The van der Waals surface area contributed by atoms with E-state index in [1.807, 2.05) is 18.2 Å². The topological polar surface area (TPSA) is 64.1 Å². The fourth-order valence-electron chi connectivity index (χ4n) is 1.57. The Morgan fingerprint density at radius 3 is 2.21 bits per heavy atom. The monoisotopic (exact) mass is 323 g/mol. The lowest BCUT2D eigenvalue weighted by Crippen LogP contribution is -2.36. The number of hydrogen-bond donors (Lipinski definition) is 0. The van der Waals surface area contributed by atoms with E-state index in [0.29, 0.717) is 5.56 Å². The van der Waals surface area contributed by atoms with E-state index in [9.17, 15) is 14.9 Å². The molecule has 0 fully saturated rings. The second kappa shape index (κ2) is 6.75. The number of non-ortho nitro benzene ring substituents is 1. The van der Waals surface area contributed by atoms with E-state index in [1.165, 1.54) is 24.3 Å². The number of benzene rings is 1. The molecular formula is C13H12BrN2O3+. The maximum absolute atomic E-state index is 11.9. The SMILES string of the molecule is Br.O=C(C[n+]1ccccc1)c1ccc([N+](=O)[O-])cc1. The van der Waals surface area contributed by atoms with E-state index in [1.54, 1.807) is 17.0 Å². The van der Waals surface area contributed by atoms with Gasteiger partial charge in [0.05, 0.1) is 4.92 Å². The molecule has 0 amide bonds. The molecule has 98 valence electrons. The van der Waals surface area contributed by atoms with Gasteiger partial charge in [-0.1, -0.05) is 6.07 Å². The van der Waals surface area contributed by atoms with E-state index in [0.717, 1.165) is 0 Å². The normalized spacial score (nSPS) is 9.47. The van der Waals surface area contributed by atoms with Crippen LogP contribution in [0.3, 0.4) is 0 Å². The van der Waals surface area contributed by atoms with Gasteiger partial charge in [-0.25, -0.2) is 0 Å². The van der Waals surface area contributed by atoms with Crippen molar-refractivity contribution in [3.05, 3.63) is 70.5 Å². The lowest BCUT2D eigenvalue weighted by atomic mass is 10.1. The highest BCUT2D eigenvalue weighted by atomic mass is 79.9. The van der Waals surface area contributed by atoms with Gasteiger partial charge in [-0.05, 0) is 12.1 Å². The van der Waals surface area contributed by atoms with Crippen LogP contribution in [0.1, 0.15) is 10.4 Å². The summed E-state index contributed by atoms with van der Waals surface area (Å²) in [5, 5.41) is 10.5. The Morgan fingerprint density at radius 2 is 1.68 bits per heavy atom. The minimum atomic E-state index is -0.486. The van der Waals surface area contributed by atoms with Crippen molar-refractivity contribution in [2.75, 3.05) is 0 Å². The molecule has 0 unspecified atom stereocenters. The molecule has 0 atom stereocenters.